The van der Waals surface area contributed by atoms with Crippen molar-refractivity contribution < 1.29 is 5.11 Å². The minimum Gasteiger partial charge on any atom is -0.508 e. The molecular weight excluding hydrogens is 258 g/mol. The number of aromatic amines is 1. The van der Waals surface area contributed by atoms with Gasteiger partial charge in [-0.3, -0.25) is 0 Å². The first-order valence-electron chi connectivity index (χ1n) is 7.83. The highest BCUT2D eigenvalue weighted by atomic mass is 16.3. The molecule has 3 aromatic rings. The highest BCUT2D eigenvalue weighted by Crippen LogP contribution is 2.35. The number of fused-ring (bicyclic) bond motifs is 3. The molecule has 0 saturated carbocycles. The Bertz CT molecular complexity index is 785. The van der Waals surface area contributed by atoms with Gasteiger partial charge in [-0.1, -0.05) is 38.5 Å². The van der Waals surface area contributed by atoms with Crippen LogP contribution in [0.5, 0.6) is 5.75 Å². The van der Waals surface area contributed by atoms with Gasteiger partial charge in [-0.15, -0.1) is 0 Å². The lowest BCUT2D eigenvalue weighted by molar-refractivity contribution is 0.469. The second-order valence-electron chi connectivity index (χ2n) is 6.14. The molecule has 1 heterocycles. The van der Waals surface area contributed by atoms with Crippen molar-refractivity contribution in [3.8, 4) is 5.75 Å². The quantitative estimate of drug-likeness (QED) is 0.667. The Morgan fingerprint density at radius 3 is 2.71 bits per heavy atom. The molecule has 0 bridgehead atoms. The molecule has 0 spiro atoms. The minimum absolute atomic E-state index is 0.409. The Labute approximate surface area is 125 Å². The fraction of sp³-hybridized carbons (Fsp3) is 0.368. The van der Waals surface area contributed by atoms with E-state index in [4.69, 9.17) is 0 Å². The van der Waals surface area contributed by atoms with Gasteiger partial charge in [-0.05, 0) is 48.9 Å². The third kappa shape index (κ3) is 2.39. The molecule has 110 valence electrons. The van der Waals surface area contributed by atoms with Gasteiger partial charge in [0.1, 0.15) is 5.75 Å². The molecule has 0 aliphatic rings. The van der Waals surface area contributed by atoms with E-state index >= 15 is 0 Å². The number of aromatic nitrogens is 1. The number of phenols is 1. The second kappa shape index (κ2) is 5.44. The number of benzene rings is 2. The Morgan fingerprint density at radius 1 is 1.19 bits per heavy atom. The summed E-state index contributed by atoms with van der Waals surface area (Å²) in [5, 5.41) is 12.6. The van der Waals surface area contributed by atoms with Gasteiger partial charge in [0.2, 0.25) is 0 Å². The van der Waals surface area contributed by atoms with Crippen molar-refractivity contribution in [3.05, 3.63) is 41.5 Å². The number of aromatic hydroxyl groups is 1. The van der Waals surface area contributed by atoms with Crippen molar-refractivity contribution in [3.63, 3.8) is 0 Å². The van der Waals surface area contributed by atoms with Crippen LogP contribution in [0.3, 0.4) is 0 Å². The Balaban J connectivity index is 2.18. The summed E-state index contributed by atoms with van der Waals surface area (Å²) in [5.74, 6) is 1.12. The molecule has 2 nitrogen and oxygen atoms in total. The van der Waals surface area contributed by atoms with Crippen molar-refractivity contribution >= 4 is 21.8 Å². The van der Waals surface area contributed by atoms with Crippen LogP contribution in [0.25, 0.3) is 21.8 Å². The molecule has 0 saturated heterocycles. The molecular formula is C19H23NO. The van der Waals surface area contributed by atoms with Gasteiger partial charge in [0, 0.05) is 16.3 Å². The van der Waals surface area contributed by atoms with Crippen molar-refractivity contribution in [1.82, 2.24) is 4.98 Å². The molecule has 1 atom stereocenters. The van der Waals surface area contributed by atoms with Crippen LogP contribution in [0.2, 0.25) is 0 Å². The number of phenolic OH excluding ortho intramolecular Hbond substituents is 1. The van der Waals surface area contributed by atoms with E-state index in [1.165, 1.54) is 22.9 Å². The molecule has 0 amide bonds. The lowest BCUT2D eigenvalue weighted by atomic mass is 9.94. The Hall–Kier alpha value is -1.96. The molecule has 0 aliphatic heterocycles. The lowest BCUT2D eigenvalue weighted by Crippen LogP contribution is -1.98. The molecule has 0 aliphatic carbocycles. The van der Waals surface area contributed by atoms with E-state index in [0.29, 0.717) is 11.7 Å². The van der Waals surface area contributed by atoms with Gasteiger partial charge in [0.05, 0.1) is 5.52 Å². The smallest absolute Gasteiger partial charge is 0.119 e. The van der Waals surface area contributed by atoms with Crippen LogP contribution in [-0.2, 0) is 6.42 Å². The molecule has 3 rings (SSSR count). The first kappa shape index (κ1) is 14.0. The van der Waals surface area contributed by atoms with Gasteiger partial charge in [-0.2, -0.15) is 0 Å². The van der Waals surface area contributed by atoms with Crippen LogP contribution in [-0.4, -0.2) is 10.1 Å². The summed E-state index contributed by atoms with van der Waals surface area (Å²) in [4.78, 5) is 3.55. The van der Waals surface area contributed by atoms with E-state index in [9.17, 15) is 5.11 Å². The standard InChI is InChI=1S/C19H23NO/c1-4-12(2)9-10-14-13(3)18(21)11-16-15-7-5-6-8-17(15)20-19(14)16/h5-8,11-12,20-21H,4,9-10H2,1-3H3/t12-/m0/s1. The van der Waals surface area contributed by atoms with E-state index in [1.54, 1.807) is 0 Å². The van der Waals surface area contributed by atoms with Crippen LogP contribution >= 0.6 is 0 Å². The third-order valence-electron chi connectivity index (χ3n) is 4.75. The summed E-state index contributed by atoms with van der Waals surface area (Å²) in [7, 11) is 0. The van der Waals surface area contributed by atoms with E-state index in [-0.39, 0.29) is 0 Å². The maximum absolute atomic E-state index is 10.3. The fourth-order valence-electron chi connectivity index (χ4n) is 3.05. The highest BCUT2D eigenvalue weighted by Gasteiger charge is 2.14. The maximum atomic E-state index is 10.3. The van der Waals surface area contributed by atoms with E-state index in [0.717, 1.165) is 29.3 Å². The monoisotopic (exact) mass is 281 g/mol. The van der Waals surface area contributed by atoms with Crippen molar-refractivity contribution in [1.29, 1.82) is 0 Å². The SMILES string of the molecule is CC[C@H](C)CCc1c(C)c(O)cc2c1[nH]c1ccccc12. The average molecular weight is 281 g/mol. The van der Waals surface area contributed by atoms with Gasteiger partial charge >= 0.3 is 0 Å². The van der Waals surface area contributed by atoms with E-state index in [2.05, 4.69) is 31.0 Å². The summed E-state index contributed by atoms with van der Waals surface area (Å²) in [6, 6.07) is 10.2. The van der Waals surface area contributed by atoms with Gasteiger partial charge < -0.3 is 10.1 Å². The van der Waals surface area contributed by atoms with Crippen LogP contribution in [0.4, 0.5) is 0 Å². The maximum Gasteiger partial charge on any atom is 0.119 e. The molecule has 0 unspecified atom stereocenters. The van der Waals surface area contributed by atoms with Crippen molar-refractivity contribution in [2.45, 2.75) is 40.0 Å². The number of hydrogen-bond donors (Lipinski definition) is 2. The van der Waals surface area contributed by atoms with Crippen LogP contribution < -0.4 is 0 Å². The number of hydrogen-bond acceptors (Lipinski definition) is 1. The highest BCUT2D eigenvalue weighted by molar-refractivity contribution is 6.09. The van der Waals surface area contributed by atoms with E-state index in [1.807, 2.05) is 25.1 Å². The summed E-state index contributed by atoms with van der Waals surface area (Å²) in [6.45, 7) is 6.55. The molecule has 21 heavy (non-hydrogen) atoms. The Morgan fingerprint density at radius 2 is 1.95 bits per heavy atom. The first-order valence-corrected chi connectivity index (χ1v) is 7.83. The third-order valence-corrected chi connectivity index (χ3v) is 4.75. The van der Waals surface area contributed by atoms with Gasteiger partial charge in [0.15, 0.2) is 0 Å². The van der Waals surface area contributed by atoms with Crippen LogP contribution in [0.15, 0.2) is 30.3 Å². The predicted molar refractivity (Wildman–Crippen MR) is 90.0 cm³/mol. The van der Waals surface area contributed by atoms with Gasteiger partial charge in [-0.25, -0.2) is 0 Å². The number of aryl methyl sites for hydroxylation is 1. The zero-order valence-electron chi connectivity index (χ0n) is 13.0. The fourth-order valence-corrected chi connectivity index (χ4v) is 3.05. The molecule has 2 N–H and O–H groups in total. The lowest BCUT2D eigenvalue weighted by Gasteiger charge is -2.12. The number of H-pyrrole nitrogens is 1. The zero-order chi connectivity index (χ0) is 15.0. The number of rotatable bonds is 4. The summed E-state index contributed by atoms with van der Waals surface area (Å²) in [5.41, 5.74) is 4.61. The molecule has 0 radical (unpaired) electrons. The Kier molecular flexibility index (Phi) is 3.62. The summed E-state index contributed by atoms with van der Waals surface area (Å²) in [6.07, 6.45) is 3.37. The second-order valence-corrected chi connectivity index (χ2v) is 6.14. The topological polar surface area (TPSA) is 36.0 Å². The zero-order valence-corrected chi connectivity index (χ0v) is 13.0. The predicted octanol–water partition coefficient (Wildman–Crippen LogP) is 5.31. The first-order chi connectivity index (χ1) is 10.1. The number of para-hydroxylation sites is 1. The van der Waals surface area contributed by atoms with Crippen molar-refractivity contribution in [2.24, 2.45) is 5.92 Å². The van der Waals surface area contributed by atoms with Gasteiger partial charge in [0.25, 0.3) is 0 Å². The van der Waals surface area contributed by atoms with E-state index < -0.39 is 0 Å². The largest absolute Gasteiger partial charge is 0.508 e. The molecule has 1 aromatic heterocycles. The number of nitrogens with one attached hydrogen (secondary N) is 1. The van der Waals surface area contributed by atoms with Crippen LogP contribution in [0.1, 0.15) is 37.8 Å². The van der Waals surface area contributed by atoms with Crippen LogP contribution in [0, 0.1) is 12.8 Å². The minimum atomic E-state index is 0.409. The average Bonchev–Trinajstić information content (AvgIpc) is 2.85. The molecule has 2 heteroatoms. The summed E-state index contributed by atoms with van der Waals surface area (Å²) < 4.78 is 0. The summed E-state index contributed by atoms with van der Waals surface area (Å²) >= 11 is 0. The van der Waals surface area contributed by atoms with Crippen molar-refractivity contribution in [2.75, 3.05) is 0 Å². The molecule has 2 aromatic carbocycles. The normalized spacial score (nSPS) is 13.1. The molecule has 0 fully saturated rings.